The fourth-order valence-electron chi connectivity index (χ4n) is 6.19. The first-order chi connectivity index (χ1) is 21.6. The molecule has 3 amide bonds. The van der Waals surface area contributed by atoms with E-state index in [-0.39, 0.29) is 12.3 Å². The normalized spacial score (nSPS) is 23.4. The summed E-state index contributed by atoms with van der Waals surface area (Å²) in [6.07, 6.45) is 1.03. The number of hydrogen-bond donors (Lipinski definition) is 3. The van der Waals surface area contributed by atoms with Gasteiger partial charge in [0, 0.05) is 26.1 Å². The van der Waals surface area contributed by atoms with Crippen LogP contribution in [0.4, 0.5) is 11.4 Å². The largest absolute Gasteiger partial charge is 0.480 e. The molecule has 3 N–H and O–H groups in total. The maximum absolute atomic E-state index is 13.9. The highest BCUT2D eigenvalue weighted by atomic mass is 16.6. The van der Waals surface area contributed by atoms with Gasteiger partial charge in [0.05, 0.1) is 17.9 Å². The smallest absolute Gasteiger partial charge is 0.340 e. The van der Waals surface area contributed by atoms with E-state index in [1.807, 2.05) is 68.4 Å². The highest BCUT2D eigenvalue weighted by Gasteiger charge is 2.70. The molecule has 0 bridgehead atoms. The number of esters is 1. The van der Waals surface area contributed by atoms with Gasteiger partial charge in [0.1, 0.15) is 18.2 Å². The van der Waals surface area contributed by atoms with Gasteiger partial charge in [0.2, 0.25) is 17.4 Å². The maximum atomic E-state index is 13.9. The first kappa shape index (κ1) is 31.8. The van der Waals surface area contributed by atoms with Gasteiger partial charge in [-0.2, -0.15) is 10.2 Å². The van der Waals surface area contributed by atoms with Crippen LogP contribution >= 0.6 is 0 Å². The van der Waals surface area contributed by atoms with Crippen molar-refractivity contribution in [2.75, 3.05) is 19.6 Å². The summed E-state index contributed by atoms with van der Waals surface area (Å²) in [5.74, 6) is -3.44. The van der Waals surface area contributed by atoms with Gasteiger partial charge >= 0.3 is 11.9 Å². The molecule has 45 heavy (non-hydrogen) atoms. The first-order valence-electron chi connectivity index (χ1n) is 15.2. The Hall–Kier alpha value is -4.65. The van der Waals surface area contributed by atoms with Crippen LogP contribution in [-0.2, 0) is 35.3 Å². The Balaban J connectivity index is 1.24. The number of nitrogens with zero attached hydrogens (tertiary/aromatic N) is 4. The summed E-state index contributed by atoms with van der Waals surface area (Å²) in [5.41, 5.74) is 0.677. The highest BCUT2D eigenvalue weighted by Crippen LogP contribution is 2.43. The van der Waals surface area contributed by atoms with Crippen LogP contribution in [0.2, 0.25) is 0 Å². The van der Waals surface area contributed by atoms with Crippen LogP contribution in [0, 0.1) is 5.92 Å². The third-order valence-electron chi connectivity index (χ3n) is 8.48. The number of carbonyl (C=O) groups excluding carboxylic acids is 4. The average molecular weight is 619 g/mol. The second-order valence-corrected chi connectivity index (χ2v) is 12.0. The molecule has 2 aromatic rings. The Morgan fingerprint density at radius 1 is 1.00 bits per heavy atom. The van der Waals surface area contributed by atoms with Crippen molar-refractivity contribution in [1.29, 1.82) is 0 Å². The highest BCUT2D eigenvalue weighted by molar-refractivity contribution is 6.13. The molecule has 3 heterocycles. The lowest BCUT2D eigenvalue weighted by Gasteiger charge is -2.45. The summed E-state index contributed by atoms with van der Waals surface area (Å²) < 4.78 is 5.37. The molecule has 0 spiro atoms. The fraction of sp³-hybridized carbons (Fsp3) is 0.469. The lowest BCUT2D eigenvalue weighted by molar-refractivity contribution is -0.201. The zero-order chi connectivity index (χ0) is 32.1. The zero-order valence-corrected chi connectivity index (χ0v) is 25.3. The number of carbonyl (C=O) groups is 5. The number of azo groups is 1. The van der Waals surface area contributed by atoms with Crippen molar-refractivity contribution >= 4 is 41.0 Å². The topological polar surface area (TPSA) is 170 Å². The number of likely N-dealkylation sites (tertiary alicyclic amines) is 2. The van der Waals surface area contributed by atoms with Crippen LogP contribution in [0.25, 0.3) is 0 Å². The number of nitrogens with one attached hydrogen (secondary N) is 2. The van der Waals surface area contributed by atoms with E-state index in [0.717, 1.165) is 11.3 Å². The number of fused-ring (bicyclic) bond motifs is 1. The van der Waals surface area contributed by atoms with Crippen LogP contribution in [-0.4, -0.2) is 87.9 Å². The minimum atomic E-state index is -1.57. The first-order valence-corrected chi connectivity index (χ1v) is 15.2. The average Bonchev–Trinajstić information content (AvgIpc) is 3.62. The van der Waals surface area contributed by atoms with E-state index in [9.17, 15) is 29.1 Å². The summed E-state index contributed by atoms with van der Waals surface area (Å²) in [4.78, 5) is 67.4. The van der Waals surface area contributed by atoms with Crippen LogP contribution in [0.1, 0.15) is 45.1 Å². The van der Waals surface area contributed by atoms with E-state index < -0.39 is 59.9 Å². The predicted molar refractivity (Wildman–Crippen MR) is 161 cm³/mol. The molecule has 3 saturated heterocycles. The quantitative estimate of drug-likeness (QED) is 0.185. The van der Waals surface area contributed by atoms with Crippen LogP contribution in [0.15, 0.2) is 64.8 Å². The van der Waals surface area contributed by atoms with Crippen molar-refractivity contribution in [3.05, 3.63) is 60.2 Å². The van der Waals surface area contributed by atoms with Gasteiger partial charge in [-0.05, 0) is 55.0 Å². The number of benzene rings is 2. The zero-order valence-electron chi connectivity index (χ0n) is 25.3. The SMILES string of the molecule is CC(C)C[C@H](NC(=O)[C@]12C(=O)OC1CCN2Cc1ccc(N=Nc2ccccc2)cc1)C(=O)NCC(=O)N1CCC[C@H]1C(=O)O. The monoisotopic (exact) mass is 618 g/mol. The number of amides is 3. The number of ether oxygens (including phenoxy) is 1. The summed E-state index contributed by atoms with van der Waals surface area (Å²) in [6, 6.07) is 14.8. The number of rotatable bonds is 12. The molecule has 2 aromatic carbocycles. The van der Waals surface area contributed by atoms with Gasteiger partial charge in [0.25, 0.3) is 5.91 Å². The second kappa shape index (κ2) is 13.6. The van der Waals surface area contributed by atoms with E-state index in [4.69, 9.17) is 4.74 Å². The Kier molecular flexibility index (Phi) is 9.57. The van der Waals surface area contributed by atoms with Crippen LogP contribution in [0.5, 0.6) is 0 Å². The summed E-state index contributed by atoms with van der Waals surface area (Å²) in [5, 5.41) is 23.2. The minimum Gasteiger partial charge on any atom is -0.480 e. The summed E-state index contributed by atoms with van der Waals surface area (Å²) in [6.45, 7) is 4.43. The number of hydrogen-bond acceptors (Lipinski definition) is 9. The Morgan fingerprint density at radius 3 is 2.33 bits per heavy atom. The van der Waals surface area contributed by atoms with E-state index in [1.54, 1.807) is 4.90 Å². The number of aliphatic carboxylic acids is 1. The molecule has 5 rings (SSSR count). The van der Waals surface area contributed by atoms with Gasteiger partial charge in [-0.15, -0.1) is 0 Å². The molecular weight excluding hydrogens is 580 g/mol. The molecule has 13 nitrogen and oxygen atoms in total. The van der Waals surface area contributed by atoms with Crippen molar-refractivity contribution in [2.45, 2.75) is 69.8 Å². The van der Waals surface area contributed by atoms with E-state index in [1.165, 1.54) is 4.90 Å². The maximum Gasteiger partial charge on any atom is 0.340 e. The Labute approximate surface area is 261 Å². The molecule has 238 valence electrons. The van der Waals surface area contributed by atoms with Crippen LogP contribution < -0.4 is 10.6 Å². The fourth-order valence-corrected chi connectivity index (χ4v) is 6.19. The molecule has 4 atom stereocenters. The molecule has 3 fully saturated rings. The molecule has 0 radical (unpaired) electrons. The van der Waals surface area contributed by atoms with E-state index in [2.05, 4.69) is 20.9 Å². The third-order valence-corrected chi connectivity index (χ3v) is 8.48. The van der Waals surface area contributed by atoms with Gasteiger partial charge in [-0.25, -0.2) is 9.59 Å². The number of carboxylic acid groups (broad SMARTS) is 1. The van der Waals surface area contributed by atoms with Crippen LogP contribution in [0.3, 0.4) is 0 Å². The van der Waals surface area contributed by atoms with Crippen molar-refractivity contribution in [3.63, 3.8) is 0 Å². The standard InChI is InChI=1S/C32H38N6O7/c1-20(2)17-24(28(40)33-18-27(39)38-15-6-9-25(38)29(41)42)34-30(43)32-26(45-31(32)44)14-16-37(32)19-21-10-12-23(13-11-21)36-35-22-7-4-3-5-8-22/h3-5,7-8,10-13,20,24-26H,6,9,14-19H2,1-2H3,(H,33,40)(H,34,43)(H,41,42)/t24-,25-,26?,32-/m0/s1. The van der Waals surface area contributed by atoms with E-state index in [0.29, 0.717) is 44.6 Å². The molecular formula is C32H38N6O7. The molecule has 3 aliphatic heterocycles. The van der Waals surface area contributed by atoms with Gasteiger partial charge in [-0.1, -0.05) is 44.2 Å². The van der Waals surface area contributed by atoms with Gasteiger partial charge < -0.3 is 25.4 Å². The Morgan fingerprint density at radius 2 is 1.69 bits per heavy atom. The summed E-state index contributed by atoms with van der Waals surface area (Å²) >= 11 is 0. The lowest BCUT2D eigenvalue weighted by Crippen LogP contribution is -2.74. The molecule has 3 aliphatic rings. The minimum absolute atomic E-state index is 0.00518. The van der Waals surface area contributed by atoms with Crippen molar-refractivity contribution < 1.29 is 33.8 Å². The predicted octanol–water partition coefficient (Wildman–Crippen LogP) is 2.69. The summed E-state index contributed by atoms with van der Waals surface area (Å²) in [7, 11) is 0. The molecule has 1 unspecified atom stereocenters. The van der Waals surface area contributed by atoms with Gasteiger partial charge in [0.15, 0.2) is 0 Å². The van der Waals surface area contributed by atoms with Gasteiger partial charge in [-0.3, -0.25) is 19.3 Å². The number of carboxylic acids is 1. The molecule has 0 saturated carbocycles. The molecule has 13 heteroatoms. The molecule has 0 aliphatic carbocycles. The lowest BCUT2D eigenvalue weighted by atomic mass is 9.85. The third kappa shape index (κ3) is 6.72. The van der Waals surface area contributed by atoms with Crippen molar-refractivity contribution in [2.24, 2.45) is 16.1 Å². The second-order valence-electron chi connectivity index (χ2n) is 12.0. The van der Waals surface area contributed by atoms with Crippen molar-refractivity contribution in [1.82, 2.24) is 20.4 Å². The molecule has 0 aromatic heterocycles. The van der Waals surface area contributed by atoms with Crippen molar-refractivity contribution in [3.8, 4) is 0 Å². The van der Waals surface area contributed by atoms with E-state index >= 15 is 0 Å². The Bertz CT molecular complexity index is 1460.